The average Bonchev–Trinajstić information content (AvgIpc) is 2.16. The first kappa shape index (κ1) is 15.6. The van der Waals surface area contributed by atoms with Crippen LogP contribution in [0.5, 0.6) is 0 Å². The molecule has 0 aliphatic rings. The summed E-state index contributed by atoms with van der Waals surface area (Å²) in [5.74, 6) is 0.665. The monoisotopic (exact) mass is 229 g/mol. The zero-order valence-electron chi connectivity index (χ0n) is 11.2. The second-order valence-electron chi connectivity index (χ2n) is 4.71. The SMILES string of the molecule is C=C(C)CCOC(CNCC(C)C)COC. The van der Waals surface area contributed by atoms with Gasteiger partial charge in [-0.2, -0.15) is 0 Å². The van der Waals surface area contributed by atoms with E-state index < -0.39 is 0 Å². The lowest BCUT2D eigenvalue weighted by Crippen LogP contribution is -2.34. The Balaban J connectivity index is 3.65. The van der Waals surface area contributed by atoms with Crippen molar-refractivity contribution in [3.8, 4) is 0 Å². The summed E-state index contributed by atoms with van der Waals surface area (Å²) in [6.07, 6.45) is 1.06. The number of nitrogens with one attached hydrogen (secondary N) is 1. The number of rotatable bonds is 10. The molecule has 0 amide bonds. The van der Waals surface area contributed by atoms with Crippen molar-refractivity contribution >= 4 is 0 Å². The molecule has 0 aromatic rings. The van der Waals surface area contributed by atoms with E-state index in [0.29, 0.717) is 12.5 Å². The Morgan fingerprint density at radius 3 is 2.50 bits per heavy atom. The van der Waals surface area contributed by atoms with Gasteiger partial charge in [-0.1, -0.05) is 19.4 Å². The molecule has 0 aliphatic carbocycles. The zero-order valence-corrected chi connectivity index (χ0v) is 11.2. The highest BCUT2D eigenvalue weighted by atomic mass is 16.5. The van der Waals surface area contributed by atoms with Crippen molar-refractivity contribution in [2.45, 2.75) is 33.3 Å². The molecule has 1 N–H and O–H groups in total. The first-order valence-corrected chi connectivity index (χ1v) is 6.01. The van der Waals surface area contributed by atoms with Gasteiger partial charge in [0.2, 0.25) is 0 Å². The van der Waals surface area contributed by atoms with Crippen LogP contribution in [0.4, 0.5) is 0 Å². The van der Waals surface area contributed by atoms with Crippen LogP contribution >= 0.6 is 0 Å². The van der Waals surface area contributed by atoms with Gasteiger partial charge in [-0.25, -0.2) is 0 Å². The lowest BCUT2D eigenvalue weighted by molar-refractivity contribution is 0.000228. The molecular weight excluding hydrogens is 202 g/mol. The van der Waals surface area contributed by atoms with Gasteiger partial charge in [0.15, 0.2) is 0 Å². The van der Waals surface area contributed by atoms with E-state index in [4.69, 9.17) is 9.47 Å². The molecule has 96 valence electrons. The summed E-state index contributed by atoms with van der Waals surface area (Å²) in [6.45, 7) is 13.5. The molecule has 0 spiro atoms. The fourth-order valence-corrected chi connectivity index (χ4v) is 1.28. The molecule has 1 atom stereocenters. The van der Waals surface area contributed by atoms with Crippen molar-refractivity contribution in [3.63, 3.8) is 0 Å². The van der Waals surface area contributed by atoms with E-state index in [9.17, 15) is 0 Å². The van der Waals surface area contributed by atoms with Gasteiger partial charge in [0.05, 0.1) is 19.3 Å². The third-order valence-electron chi connectivity index (χ3n) is 2.16. The molecule has 0 aliphatic heterocycles. The predicted molar refractivity (Wildman–Crippen MR) is 68.8 cm³/mol. The number of methoxy groups -OCH3 is 1. The van der Waals surface area contributed by atoms with Crippen LogP contribution in [0.1, 0.15) is 27.2 Å². The second kappa shape index (κ2) is 9.82. The van der Waals surface area contributed by atoms with Crippen LogP contribution in [-0.2, 0) is 9.47 Å². The highest BCUT2D eigenvalue weighted by Gasteiger charge is 2.08. The van der Waals surface area contributed by atoms with Gasteiger partial charge < -0.3 is 14.8 Å². The first-order valence-electron chi connectivity index (χ1n) is 6.01. The summed E-state index contributed by atoms with van der Waals surface area (Å²) in [6, 6.07) is 0. The van der Waals surface area contributed by atoms with Crippen LogP contribution in [0.3, 0.4) is 0 Å². The maximum atomic E-state index is 5.73. The highest BCUT2D eigenvalue weighted by molar-refractivity contribution is 4.87. The predicted octanol–water partition coefficient (Wildman–Crippen LogP) is 2.23. The fourth-order valence-electron chi connectivity index (χ4n) is 1.28. The van der Waals surface area contributed by atoms with E-state index in [-0.39, 0.29) is 6.10 Å². The molecule has 16 heavy (non-hydrogen) atoms. The van der Waals surface area contributed by atoms with Crippen molar-refractivity contribution in [2.24, 2.45) is 5.92 Å². The second-order valence-corrected chi connectivity index (χ2v) is 4.71. The van der Waals surface area contributed by atoms with E-state index in [1.54, 1.807) is 7.11 Å². The van der Waals surface area contributed by atoms with Gasteiger partial charge in [-0.05, 0) is 25.8 Å². The normalized spacial score (nSPS) is 13.1. The summed E-state index contributed by atoms with van der Waals surface area (Å²) in [5.41, 5.74) is 1.16. The Bertz CT molecular complexity index is 181. The standard InChI is InChI=1S/C13H27NO2/c1-11(2)6-7-16-13(10-15-5)9-14-8-12(3)4/h12-14H,1,6-10H2,2-5H3. The Hall–Kier alpha value is -0.380. The molecule has 0 aromatic carbocycles. The Kier molecular flexibility index (Phi) is 9.59. The van der Waals surface area contributed by atoms with Crippen molar-refractivity contribution in [2.75, 3.05) is 33.4 Å². The molecule has 0 rings (SSSR count). The summed E-state index contributed by atoms with van der Waals surface area (Å²) >= 11 is 0. The number of ether oxygens (including phenoxy) is 2. The molecule has 0 heterocycles. The fraction of sp³-hybridized carbons (Fsp3) is 0.846. The van der Waals surface area contributed by atoms with Crippen molar-refractivity contribution < 1.29 is 9.47 Å². The summed E-state index contributed by atoms with van der Waals surface area (Å²) < 4.78 is 10.9. The molecule has 0 aromatic heterocycles. The Labute approximate surface area is 100 Å². The maximum absolute atomic E-state index is 5.73. The third-order valence-corrected chi connectivity index (χ3v) is 2.16. The van der Waals surface area contributed by atoms with Gasteiger partial charge in [0.1, 0.15) is 0 Å². The largest absolute Gasteiger partial charge is 0.382 e. The summed E-state index contributed by atoms with van der Waals surface area (Å²) in [5, 5.41) is 3.38. The minimum Gasteiger partial charge on any atom is -0.382 e. The van der Waals surface area contributed by atoms with Crippen molar-refractivity contribution in [1.29, 1.82) is 0 Å². The van der Waals surface area contributed by atoms with E-state index in [1.165, 1.54) is 0 Å². The molecule has 0 fully saturated rings. The van der Waals surface area contributed by atoms with Crippen LogP contribution in [0.15, 0.2) is 12.2 Å². The van der Waals surface area contributed by atoms with E-state index in [0.717, 1.165) is 31.7 Å². The lowest BCUT2D eigenvalue weighted by atomic mass is 10.2. The number of hydrogen-bond donors (Lipinski definition) is 1. The Morgan fingerprint density at radius 1 is 1.31 bits per heavy atom. The van der Waals surface area contributed by atoms with E-state index in [2.05, 4.69) is 25.7 Å². The van der Waals surface area contributed by atoms with E-state index >= 15 is 0 Å². The molecular formula is C13H27NO2. The average molecular weight is 229 g/mol. The van der Waals surface area contributed by atoms with Crippen LogP contribution in [0.25, 0.3) is 0 Å². The van der Waals surface area contributed by atoms with Gasteiger partial charge in [-0.15, -0.1) is 6.58 Å². The maximum Gasteiger partial charge on any atom is 0.0932 e. The lowest BCUT2D eigenvalue weighted by Gasteiger charge is -2.18. The summed E-state index contributed by atoms with van der Waals surface area (Å²) in [7, 11) is 1.71. The minimum atomic E-state index is 0.142. The van der Waals surface area contributed by atoms with Crippen LogP contribution in [0.2, 0.25) is 0 Å². The third kappa shape index (κ3) is 10.1. The molecule has 1 unspecified atom stereocenters. The van der Waals surface area contributed by atoms with Crippen LogP contribution < -0.4 is 5.32 Å². The van der Waals surface area contributed by atoms with Gasteiger partial charge in [0, 0.05) is 13.7 Å². The number of hydrogen-bond acceptors (Lipinski definition) is 3. The summed E-state index contributed by atoms with van der Waals surface area (Å²) in [4.78, 5) is 0. The molecule has 0 saturated carbocycles. The van der Waals surface area contributed by atoms with Gasteiger partial charge in [0.25, 0.3) is 0 Å². The Morgan fingerprint density at radius 2 is 2.00 bits per heavy atom. The first-order chi connectivity index (χ1) is 7.56. The van der Waals surface area contributed by atoms with Gasteiger partial charge in [-0.3, -0.25) is 0 Å². The molecule has 0 bridgehead atoms. The van der Waals surface area contributed by atoms with Crippen molar-refractivity contribution in [1.82, 2.24) is 5.32 Å². The quantitative estimate of drug-likeness (QED) is 0.583. The molecule has 3 heteroatoms. The zero-order chi connectivity index (χ0) is 12.4. The smallest absolute Gasteiger partial charge is 0.0932 e. The van der Waals surface area contributed by atoms with Crippen molar-refractivity contribution in [3.05, 3.63) is 12.2 Å². The minimum absolute atomic E-state index is 0.142. The van der Waals surface area contributed by atoms with Gasteiger partial charge >= 0.3 is 0 Å². The molecule has 0 saturated heterocycles. The topological polar surface area (TPSA) is 30.5 Å². The van der Waals surface area contributed by atoms with E-state index in [1.807, 2.05) is 6.92 Å². The highest BCUT2D eigenvalue weighted by Crippen LogP contribution is 1.99. The van der Waals surface area contributed by atoms with Crippen LogP contribution in [0, 0.1) is 5.92 Å². The molecule has 0 radical (unpaired) electrons. The molecule has 3 nitrogen and oxygen atoms in total. The van der Waals surface area contributed by atoms with Crippen LogP contribution in [-0.4, -0.2) is 39.5 Å².